The first-order valence-electron chi connectivity index (χ1n) is 1.53. The number of rotatable bonds is 0. The minimum absolute atomic E-state index is 3.67. The molecule has 0 bridgehead atoms. The molecule has 0 heterocycles. The van der Waals surface area contributed by atoms with Gasteiger partial charge in [0.05, 0.1) is 0 Å². The first-order chi connectivity index (χ1) is 3.73. The van der Waals surface area contributed by atoms with Crippen molar-refractivity contribution < 1.29 is 30.4 Å². The zero-order valence-corrected chi connectivity index (χ0v) is 3.80. The van der Waals surface area contributed by atoms with Crippen LogP contribution >= 0.6 is 0 Å². The number of hydrogen-bond donors (Lipinski definition) is 0. The molecule has 0 aromatic rings. The van der Waals surface area contributed by atoms with Crippen molar-refractivity contribution in [2.24, 2.45) is 0 Å². The lowest BCUT2D eigenvalue weighted by molar-refractivity contribution is 0.00819. The molecule has 0 aromatic carbocycles. The Balaban J connectivity index is 0. The Labute approximate surface area is 45.8 Å². The third-order valence-electron chi connectivity index (χ3n) is 0. The van der Waals surface area contributed by atoms with Gasteiger partial charge in [-0.1, -0.05) is 0 Å². The van der Waals surface area contributed by atoms with E-state index in [-0.39, 0.29) is 0 Å². The molecule has 0 aliphatic heterocycles. The molecule has 0 saturated carbocycles. The highest BCUT2D eigenvalue weighted by atomic mass is 19.5. The molecule has 0 unspecified atom stereocenters. The zero-order chi connectivity index (χ0) is 8.08. The van der Waals surface area contributed by atoms with Crippen molar-refractivity contribution in [1.29, 1.82) is 0 Å². The number of alkyl halides is 3. The predicted molar refractivity (Wildman–Crippen MR) is 17.3 cm³/mol. The van der Waals surface area contributed by atoms with Gasteiger partial charge in [0.25, 0.3) is 0 Å². The maximum atomic E-state index is 9.75. The third-order valence-corrected chi connectivity index (χ3v) is 0. The lowest BCUT2D eigenvalue weighted by atomic mass is 10.3. The van der Waals surface area contributed by atoms with E-state index in [9.17, 15) is 30.4 Å². The Morgan fingerprint density at radius 2 is 0.778 bits per heavy atom. The van der Waals surface area contributed by atoms with Crippen LogP contribution in [0.25, 0.3) is 0 Å². The molecular formula is CHBF7-. The second-order valence-corrected chi connectivity index (χ2v) is 0.742. The molecule has 0 saturated heterocycles. The lowest BCUT2D eigenvalue weighted by Gasteiger charge is -1.94. The molecule has 9 heavy (non-hydrogen) atoms. The number of halogens is 7. The summed E-state index contributed by atoms with van der Waals surface area (Å²) < 4.78 is 68.0. The summed E-state index contributed by atoms with van der Waals surface area (Å²) >= 11 is 0. The smallest absolute Gasteiger partial charge is 0.418 e. The Kier molecular flexibility index (Phi) is 5.63. The van der Waals surface area contributed by atoms with Crippen LogP contribution < -0.4 is 0 Å². The van der Waals surface area contributed by atoms with Gasteiger partial charge in [0.15, 0.2) is 0 Å². The van der Waals surface area contributed by atoms with E-state index in [1.807, 2.05) is 0 Å². The molecule has 0 aliphatic rings. The van der Waals surface area contributed by atoms with Crippen LogP contribution in [0.3, 0.4) is 0 Å². The normalized spacial score (nSPS) is 10.7. The van der Waals surface area contributed by atoms with Gasteiger partial charge in [0, 0.05) is 0 Å². The van der Waals surface area contributed by atoms with Crippen molar-refractivity contribution in [1.82, 2.24) is 0 Å². The first kappa shape index (κ1) is 11.4. The highest BCUT2D eigenvalue weighted by Crippen LogP contribution is 2.06. The molecule has 0 amide bonds. The van der Waals surface area contributed by atoms with E-state index in [4.69, 9.17) is 0 Å². The van der Waals surface area contributed by atoms with Crippen LogP contribution in [-0.4, -0.2) is 13.9 Å². The van der Waals surface area contributed by atoms with E-state index in [1.165, 1.54) is 0 Å². The molecule has 0 atom stereocenters. The van der Waals surface area contributed by atoms with Crippen LogP contribution in [0, 0.1) is 0 Å². The van der Waals surface area contributed by atoms with Crippen molar-refractivity contribution >= 4 is 7.25 Å². The highest BCUT2D eigenvalue weighted by Gasteiger charge is 2.20. The van der Waals surface area contributed by atoms with E-state index in [0.717, 1.165) is 0 Å². The molecule has 0 rings (SSSR count). The van der Waals surface area contributed by atoms with Crippen LogP contribution in [0.1, 0.15) is 0 Å². The van der Waals surface area contributed by atoms with E-state index in [2.05, 4.69) is 0 Å². The van der Waals surface area contributed by atoms with Gasteiger partial charge >= 0.3 is 13.9 Å². The Hall–Kier alpha value is -0.425. The molecule has 0 aromatic heterocycles. The van der Waals surface area contributed by atoms with Gasteiger partial charge in [-0.05, 0) is 0 Å². The summed E-state index contributed by atoms with van der Waals surface area (Å²) in [5.41, 5.74) is 0. The summed E-state index contributed by atoms with van der Waals surface area (Å²) in [5, 5.41) is 0. The maximum absolute atomic E-state index is 9.75. The molecule has 0 fully saturated rings. The topological polar surface area (TPSA) is 0 Å². The summed E-state index contributed by atoms with van der Waals surface area (Å²) in [4.78, 5) is 0. The minimum atomic E-state index is -6.00. The van der Waals surface area contributed by atoms with Crippen molar-refractivity contribution in [2.45, 2.75) is 6.68 Å². The predicted octanol–water partition coefficient (Wildman–Crippen LogP) is 2.48. The fourth-order valence-electron chi connectivity index (χ4n) is 0. The van der Waals surface area contributed by atoms with Crippen molar-refractivity contribution in [3.63, 3.8) is 0 Å². The van der Waals surface area contributed by atoms with Crippen LogP contribution in [0.5, 0.6) is 0 Å². The Morgan fingerprint density at radius 3 is 0.778 bits per heavy atom. The van der Waals surface area contributed by atoms with Gasteiger partial charge in [-0.3, -0.25) is 0 Å². The number of hydrogen-bond acceptors (Lipinski definition) is 0. The summed E-state index contributed by atoms with van der Waals surface area (Å²) in [6, 6.07) is 0. The first-order valence-corrected chi connectivity index (χ1v) is 1.53. The largest absolute Gasteiger partial charge is 0.673 e. The highest BCUT2D eigenvalue weighted by molar-refractivity contribution is 6.50. The molecule has 0 N–H and O–H groups in total. The molecule has 58 valence electrons. The summed E-state index contributed by atoms with van der Waals surface area (Å²) in [7, 11) is -6.00. The second-order valence-electron chi connectivity index (χ2n) is 0.742. The fraction of sp³-hybridized carbons (Fsp3) is 1.00. The van der Waals surface area contributed by atoms with E-state index < -0.39 is 13.9 Å². The van der Waals surface area contributed by atoms with Gasteiger partial charge in [-0.25, -0.2) is 0 Å². The Bertz CT molecular complexity index is 45.7. The zero-order valence-electron chi connectivity index (χ0n) is 3.80. The maximum Gasteiger partial charge on any atom is 0.673 e. The molecule has 0 aliphatic carbocycles. The lowest BCUT2D eigenvalue weighted by Crippen LogP contribution is -2.02. The van der Waals surface area contributed by atoms with Gasteiger partial charge in [0.1, 0.15) is 0 Å². The van der Waals surface area contributed by atoms with Crippen LogP contribution in [0.4, 0.5) is 30.4 Å². The quantitative estimate of drug-likeness (QED) is 0.374. The fourth-order valence-corrected chi connectivity index (χ4v) is 0. The van der Waals surface area contributed by atoms with E-state index in [1.54, 1.807) is 0 Å². The molecule has 0 radical (unpaired) electrons. The van der Waals surface area contributed by atoms with Crippen molar-refractivity contribution in [3.05, 3.63) is 0 Å². The average Bonchev–Trinajstić information content (AvgIpc) is 1.19. The second kappa shape index (κ2) is 4.45. The molecule has 8 heteroatoms. The minimum Gasteiger partial charge on any atom is -0.418 e. The van der Waals surface area contributed by atoms with Crippen molar-refractivity contribution in [2.75, 3.05) is 0 Å². The van der Waals surface area contributed by atoms with Crippen LogP contribution in [0.2, 0.25) is 0 Å². The van der Waals surface area contributed by atoms with Gasteiger partial charge < -0.3 is 17.3 Å². The average molecular weight is 157 g/mol. The van der Waals surface area contributed by atoms with Crippen LogP contribution in [0.15, 0.2) is 0 Å². The van der Waals surface area contributed by atoms with E-state index >= 15 is 0 Å². The SMILES string of the molecule is FC(F)F.F[B-](F)(F)F. The van der Waals surface area contributed by atoms with Crippen LogP contribution in [-0.2, 0) is 0 Å². The summed E-state index contributed by atoms with van der Waals surface area (Å²) in [6.45, 7) is -3.67. The molecule has 0 spiro atoms. The van der Waals surface area contributed by atoms with E-state index in [0.29, 0.717) is 0 Å². The Morgan fingerprint density at radius 1 is 0.778 bits per heavy atom. The monoisotopic (exact) mass is 157 g/mol. The molecular weight excluding hydrogens is 156 g/mol. The summed E-state index contributed by atoms with van der Waals surface area (Å²) in [5.74, 6) is 0. The summed E-state index contributed by atoms with van der Waals surface area (Å²) in [6.07, 6.45) is 0. The van der Waals surface area contributed by atoms with Crippen molar-refractivity contribution in [3.8, 4) is 0 Å². The molecule has 0 nitrogen and oxygen atoms in total. The third kappa shape index (κ3) is 1300. The van der Waals surface area contributed by atoms with Gasteiger partial charge in [0.2, 0.25) is 0 Å². The van der Waals surface area contributed by atoms with Gasteiger partial charge in [-0.15, -0.1) is 0 Å². The van der Waals surface area contributed by atoms with Gasteiger partial charge in [-0.2, -0.15) is 13.2 Å². The standard InChI is InChI=1S/CHF3.BF4/c2-1(3)4;2-1(3,4)5/h1H;/q;-1.